The number of carbonyl (C=O) groups is 1. The quantitative estimate of drug-likeness (QED) is 0.568. The van der Waals surface area contributed by atoms with Crippen molar-refractivity contribution >= 4 is 73.3 Å². The zero-order valence-corrected chi connectivity index (χ0v) is 14.6. The molecule has 6 heteroatoms. The van der Waals surface area contributed by atoms with Gasteiger partial charge in [0.25, 0.3) is 5.91 Å². The number of hydrogen-bond donors (Lipinski definition) is 1. The zero-order chi connectivity index (χ0) is 14.0. The summed E-state index contributed by atoms with van der Waals surface area (Å²) in [6.07, 6.45) is 0. The lowest BCUT2D eigenvalue weighted by atomic mass is 10.2. The van der Waals surface area contributed by atoms with E-state index in [-0.39, 0.29) is 5.91 Å². The van der Waals surface area contributed by atoms with Crippen molar-refractivity contribution in [1.82, 2.24) is 0 Å². The van der Waals surface area contributed by atoms with Gasteiger partial charge < -0.3 is 5.32 Å². The van der Waals surface area contributed by atoms with Crippen LogP contribution in [0.3, 0.4) is 0 Å². The summed E-state index contributed by atoms with van der Waals surface area (Å²) >= 11 is 17.2. The van der Waals surface area contributed by atoms with Crippen molar-refractivity contribution in [1.29, 1.82) is 0 Å². The first-order valence-electron chi connectivity index (χ1n) is 5.19. The van der Waals surface area contributed by atoms with E-state index < -0.39 is 0 Å². The highest BCUT2D eigenvalue weighted by Crippen LogP contribution is 2.25. The molecule has 2 rings (SSSR count). The van der Waals surface area contributed by atoms with Gasteiger partial charge in [0, 0.05) is 18.6 Å². The number of nitrogens with one attached hydrogen (secondary N) is 1. The van der Waals surface area contributed by atoms with Crippen LogP contribution in [0, 0.1) is 3.57 Å². The number of rotatable bonds is 2. The molecule has 0 saturated carbocycles. The van der Waals surface area contributed by atoms with E-state index in [0.717, 1.165) is 9.26 Å². The molecule has 0 radical (unpaired) electrons. The van der Waals surface area contributed by atoms with Crippen molar-refractivity contribution in [2.24, 2.45) is 0 Å². The van der Waals surface area contributed by atoms with E-state index in [2.05, 4.69) is 43.8 Å². The van der Waals surface area contributed by atoms with E-state index in [1.54, 1.807) is 36.4 Å². The molecule has 98 valence electrons. The number of amides is 1. The third kappa shape index (κ3) is 3.84. The molecular formula is C13H7BrCl2INO. The lowest BCUT2D eigenvalue weighted by molar-refractivity contribution is 0.102. The predicted octanol–water partition coefficient (Wildman–Crippen LogP) is 5.61. The second-order valence-electron chi connectivity index (χ2n) is 3.71. The van der Waals surface area contributed by atoms with Gasteiger partial charge in [-0.15, -0.1) is 0 Å². The summed E-state index contributed by atoms with van der Waals surface area (Å²) in [6, 6.07) is 10.3. The van der Waals surface area contributed by atoms with E-state index in [1.807, 2.05) is 0 Å². The monoisotopic (exact) mass is 469 g/mol. The number of carbonyl (C=O) groups excluding carboxylic acids is 1. The highest BCUT2D eigenvalue weighted by Gasteiger charge is 2.10. The van der Waals surface area contributed by atoms with Gasteiger partial charge in [0.05, 0.1) is 10.7 Å². The molecular weight excluding hydrogens is 464 g/mol. The highest BCUT2D eigenvalue weighted by atomic mass is 127. The first kappa shape index (κ1) is 15.1. The first-order chi connectivity index (χ1) is 8.97. The maximum atomic E-state index is 12.1. The maximum absolute atomic E-state index is 12.1. The van der Waals surface area contributed by atoms with Gasteiger partial charge in [-0.3, -0.25) is 4.79 Å². The van der Waals surface area contributed by atoms with E-state index >= 15 is 0 Å². The van der Waals surface area contributed by atoms with E-state index in [4.69, 9.17) is 23.2 Å². The molecule has 2 aromatic rings. The summed E-state index contributed by atoms with van der Waals surface area (Å²) in [6.45, 7) is 0. The Morgan fingerprint density at radius 3 is 2.53 bits per heavy atom. The summed E-state index contributed by atoms with van der Waals surface area (Å²) in [5, 5.41) is 4.03. The van der Waals surface area contributed by atoms with E-state index in [1.165, 1.54) is 0 Å². The smallest absolute Gasteiger partial charge is 0.255 e. The van der Waals surface area contributed by atoms with Crippen LogP contribution in [-0.4, -0.2) is 5.91 Å². The van der Waals surface area contributed by atoms with Gasteiger partial charge in [-0.1, -0.05) is 23.2 Å². The normalized spacial score (nSPS) is 10.3. The lowest BCUT2D eigenvalue weighted by Gasteiger charge is -2.08. The fourth-order valence-corrected chi connectivity index (χ4v) is 2.93. The van der Waals surface area contributed by atoms with Crippen LogP contribution in [0.15, 0.2) is 40.9 Å². The minimum absolute atomic E-state index is 0.197. The van der Waals surface area contributed by atoms with Gasteiger partial charge in [-0.05, 0) is 74.9 Å². The molecule has 0 aliphatic carbocycles. The van der Waals surface area contributed by atoms with Gasteiger partial charge >= 0.3 is 0 Å². The molecule has 0 unspecified atom stereocenters. The molecule has 0 heterocycles. The number of hydrogen-bond acceptors (Lipinski definition) is 1. The predicted molar refractivity (Wildman–Crippen MR) is 91.3 cm³/mol. The van der Waals surface area contributed by atoms with Crippen molar-refractivity contribution in [3.63, 3.8) is 0 Å². The van der Waals surface area contributed by atoms with Gasteiger partial charge in [0.1, 0.15) is 0 Å². The molecule has 0 spiro atoms. The van der Waals surface area contributed by atoms with Crippen LogP contribution in [-0.2, 0) is 0 Å². The van der Waals surface area contributed by atoms with Gasteiger partial charge in [-0.25, -0.2) is 0 Å². The Balaban J connectivity index is 2.23. The Hall–Kier alpha value is -0.300. The molecule has 0 aliphatic heterocycles. The van der Waals surface area contributed by atoms with Crippen LogP contribution in [0.4, 0.5) is 5.69 Å². The molecule has 2 aromatic carbocycles. The Morgan fingerprint density at radius 1 is 1.16 bits per heavy atom. The average Bonchev–Trinajstić information content (AvgIpc) is 2.36. The number of halogens is 4. The Bertz CT molecular complexity index is 649. The first-order valence-corrected chi connectivity index (χ1v) is 7.81. The summed E-state index contributed by atoms with van der Waals surface area (Å²) in [4.78, 5) is 12.1. The fourth-order valence-electron chi connectivity index (χ4n) is 1.42. The molecule has 0 atom stereocenters. The van der Waals surface area contributed by atoms with Crippen molar-refractivity contribution < 1.29 is 4.79 Å². The standard InChI is InChI=1S/C13H7BrCl2INO/c14-9-5-7(1-3-10(9)16)13(19)18-12-4-2-8(15)6-11(12)17/h1-6H,(H,18,19). The van der Waals surface area contributed by atoms with Crippen LogP contribution in [0.1, 0.15) is 10.4 Å². The second kappa shape index (κ2) is 6.43. The minimum Gasteiger partial charge on any atom is -0.321 e. The Labute approximate surface area is 142 Å². The molecule has 0 fully saturated rings. The molecule has 0 aromatic heterocycles. The van der Waals surface area contributed by atoms with E-state index in [9.17, 15) is 4.79 Å². The van der Waals surface area contributed by atoms with Crippen LogP contribution in [0.2, 0.25) is 10.0 Å². The summed E-state index contributed by atoms with van der Waals surface area (Å²) in [5.74, 6) is -0.197. The minimum atomic E-state index is -0.197. The molecule has 1 N–H and O–H groups in total. The van der Waals surface area contributed by atoms with Crippen molar-refractivity contribution in [3.05, 3.63) is 60.0 Å². The third-order valence-electron chi connectivity index (χ3n) is 2.36. The van der Waals surface area contributed by atoms with Crippen LogP contribution in [0.5, 0.6) is 0 Å². The van der Waals surface area contributed by atoms with Crippen LogP contribution >= 0.6 is 61.7 Å². The molecule has 19 heavy (non-hydrogen) atoms. The second-order valence-corrected chi connectivity index (χ2v) is 6.57. The van der Waals surface area contributed by atoms with Crippen LogP contribution in [0.25, 0.3) is 0 Å². The van der Waals surface area contributed by atoms with Gasteiger partial charge in [-0.2, -0.15) is 0 Å². The van der Waals surface area contributed by atoms with Gasteiger partial charge in [0.15, 0.2) is 0 Å². The average molecular weight is 471 g/mol. The van der Waals surface area contributed by atoms with Crippen LogP contribution < -0.4 is 5.32 Å². The molecule has 0 bridgehead atoms. The Morgan fingerprint density at radius 2 is 1.89 bits per heavy atom. The fraction of sp³-hybridized carbons (Fsp3) is 0. The third-order valence-corrected chi connectivity index (χ3v) is 4.70. The highest BCUT2D eigenvalue weighted by molar-refractivity contribution is 14.1. The Kier molecular flexibility index (Phi) is 5.11. The number of benzene rings is 2. The van der Waals surface area contributed by atoms with Crippen molar-refractivity contribution in [2.45, 2.75) is 0 Å². The summed E-state index contributed by atoms with van der Waals surface area (Å²) < 4.78 is 1.57. The summed E-state index contributed by atoms with van der Waals surface area (Å²) in [5.41, 5.74) is 1.25. The van der Waals surface area contributed by atoms with E-state index in [0.29, 0.717) is 20.1 Å². The molecule has 2 nitrogen and oxygen atoms in total. The van der Waals surface area contributed by atoms with Crippen molar-refractivity contribution in [2.75, 3.05) is 5.32 Å². The largest absolute Gasteiger partial charge is 0.321 e. The van der Waals surface area contributed by atoms with Crippen molar-refractivity contribution in [3.8, 4) is 0 Å². The van der Waals surface area contributed by atoms with Gasteiger partial charge in [0.2, 0.25) is 0 Å². The zero-order valence-electron chi connectivity index (χ0n) is 9.38. The topological polar surface area (TPSA) is 29.1 Å². The number of anilines is 1. The maximum Gasteiger partial charge on any atom is 0.255 e. The molecule has 1 amide bonds. The summed E-state index contributed by atoms with van der Waals surface area (Å²) in [7, 11) is 0. The lowest BCUT2D eigenvalue weighted by Crippen LogP contribution is -2.12. The molecule has 0 saturated heterocycles. The molecule has 0 aliphatic rings. The SMILES string of the molecule is O=C(Nc1ccc(Cl)cc1I)c1ccc(Cl)c(Br)c1.